The molecule has 180 valence electrons. The van der Waals surface area contributed by atoms with Gasteiger partial charge in [0, 0.05) is 25.3 Å². The number of carbonyl (C=O) groups is 1. The summed E-state index contributed by atoms with van der Waals surface area (Å²) in [5.41, 5.74) is 1.01. The highest BCUT2D eigenvalue weighted by Crippen LogP contribution is 2.23. The Hall–Kier alpha value is -2.69. The molecule has 10 heteroatoms. The Morgan fingerprint density at radius 1 is 1.06 bits per heavy atom. The third kappa shape index (κ3) is 5.34. The summed E-state index contributed by atoms with van der Waals surface area (Å²) in [5.74, 6) is -0.190. The van der Waals surface area contributed by atoms with E-state index in [0.717, 1.165) is 25.7 Å². The van der Waals surface area contributed by atoms with E-state index in [1.165, 1.54) is 28.2 Å². The lowest BCUT2D eigenvalue weighted by Gasteiger charge is -2.25. The van der Waals surface area contributed by atoms with Crippen molar-refractivity contribution in [3.05, 3.63) is 58.9 Å². The fourth-order valence-electron chi connectivity index (χ4n) is 3.97. The summed E-state index contributed by atoms with van der Waals surface area (Å²) in [7, 11) is -3.51. The van der Waals surface area contributed by atoms with Gasteiger partial charge in [0.1, 0.15) is 0 Å². The van der Waals surface area contributed by atoms with Crippen molar-refractivity contribution in [3.8, 4) is 0 Å². The van der Waals surface area contributed by atoms with E-state index in [1.54, 1.807) is 28.8 Å². The van der Waals surface area contributed by atoms with Crippen molar-refractivity contribution in [2.75, 3.05) is 24.2 Å². The van der Waals surface area contributed by atoms with Crippen LogP contribution in [0.3, 0.4) is 0 Å². The Labute approximate surface area is 203 Å². The highest BCUT2D eigenvalue weighted by molar-refractivity contribution is 7.99. The van der Waals surface area contributed by atoms with Crippen LogP contribution in [0.15, 0.2) is 63.4 Å². The van der Waals surface area contributed by atoms with Crippen LogP contribution in [0.4, 0.5) is 5.69 Å². The molecule has 0 atom stereocenters. The van der Waals surface area contributed by atoms with Crippen LogP contribution in [0, 0.1) is 0 Å². The van der Waals surface area contributed by atoms with Crippen LogP contribution in [-0.4, -0.2) is 47.0 Å². The summed E-state index contributed by atoms with van der Waals surface area (Å²) in [6.07, 6.45) is 3.58. The van der Waals surface area contributed by atoms with Gasteiger partial charge in [-0.2, -0.15) is 4.31 Å². The highest BCUT2D eigenvalue weighted by Gasteiger charge is 2.25. The van der Waals surface area contributed by atoms with Gasteiger partial charge in [-0.15, -0.1) is 0 Å². The molecule has 0 bridgehead atoms. The average molecular weight is 501 g/mol. The minimum atomic E-state index is -3.51. The number of hydrogen-bond donors (Lipinski definition) is 1. The van der Waals surface area contributed by atoms with Crippen LogP contribution in [0.5, 0.6) is 0 Å². The molecule has 8 nitrogen and oxygen atoms in total. The van der Waals surface area contributed by atoms with Gasteiger partial charge >= 0.3 is 0 Å². The lowest BCUT2D eigenvalue weighted by Crippen LogP contribution is -2.35. The van der Waals surface area contributed by atoms with Gasteiger partial charge in [-0.1, -0.05) is 37.2 Å². The van der Waals surface area contributed by atoms with E-state index in [0.29, 0.717) is 41.4 Å². The number of para-hydroxylation sites is 1. The number of aromatic nitrogens is 2. The van der Waals surface area contributed by atoms with E-state index in [1.807, 2.05) is 19.1 Å². The molecule has 1 fully saturated rings. The molecule has 0 radical (unpaired) electrons. The molecule has 4 rings (SSSR count). The number of hydrogen-bond acceptors (Lipinski definition) is 6. The summed E-state index contributed by atoms with van der Waals surface area (Å²) in [6, 6.07) is 13.4. The fourth-order valence-corrected chi connectivity index (χ4v) is 6.31. The highest BCUT2D eigenvalue weighted by atomic mass is 32.2. The van der Waals surface area contributed by atoms with E-state index >= 15 is 0 Å². The molecular weight excluding hydrogens is 472 g/mol. The normalized spacial score (nSPS) is 14.9. The smallest absolute Gasteiger partial charge is 0.262 e. The predicted molar refractivity (Wildman–Crippen MR) is 135 cm³/mol. The largest absolute Gasteiger partial charge is 0.325 e. The zero-order chi connectivity index (χ0) is 24.1. The van der Waals surface area contributed by atoms with Gasteiger partial charge in [-0.25, -0.2) is 13.4 Å². The molecule has 0 aliphatic carbocycles. The lowest BCUT2D eigenvalue weighted by molar-refractivity contribution is -0.113. The number of anilines is 1. The van der Waals surface area contributed by atoms with E-state index < -0.39 is 10.0 Å². The van der Waals surface area contributed by atoms with Crippen molar-refractivity contribution in [3.63, 3.8) is 0 Å². The first-order valence-electron chi connectivity index (χ1n) is 11.4. The van der Waals surface area contributed by atoms with Crippen LogP contribution in [0.25, 0.3) is 10.9 Å². The van der Waals surface area contributed by atoms with Gasteiger partial charge in [0.2, 0.25) is 15.9 Å². The summed E-state index contributed by atoms with van der Waals surface area (Å²) >= 11 is 1.21. The van der Waals surface area contributed by atoms with Gasteiger partial charge in [-0.3, -0.25) is 14.2 Å². The van der Waals surface area contributed by atoms with Gasteiger partial charge in [0.25, 0.3) is 5.56 Å². The minimum absolute atomic E-state index is 0.0717. The molecule has 3 aromatic rings. The van der Waals surface area contributed by atoms with Crippen molar-refractivity contribution in [2.24, 2.45) is 0 Å². The van der Waals surface area contributed by atoms with Crippen molar-refractivity contribution in [1.29, 1.82) is 0 Å². The molecule has 0 spiro atoms. The van der Waals surface area contributed by atoms with E-state index in [2.05, 4.69) is 10.3 Å². The Morgan fingerprint density at radius 2 is 1.76 bits per heavy atom. The minimum Gasteiger partial charge on any atom is -0.325 e. The zero-order valence-electron chi connectivity index (χ0n) is 19.1. The number of thioether (sulfide) groups is 1. The lowest BCUT2D eigenvalue weighted by atomic mass is 10.2. The predicted octanol–water partition coefficient (Wildman–Crippen LogP) is 3.71. The molecule has 34 heavy (non-hydrogen) atoms. The average Bonchev–Trinajstić information content (AvgIpc) is 2.85. The summed E-state index contributed by atoms with van der Waals surface area (Å²) in [5, 5.41) is 3.85. The second kappa shape index (κ2) is 10.7. The molecular formula is C24H28N4O4S2. The maximum absolute atomic E-state index is 12.9. The van der Waals surface area contributed by atoms with Crippen LogP contribution in [0.2, 0.25) is 0 Å². The number of nitrogens with zero attached hydrogens (tertiary/aromatic N) is 3. The Balaban J connectivity index is 1.43. The second-order valence-corrected chi connectivity index (χ2v) is 11.1. The van der Waals surface area contributed by atoms with Crippen molar-refractivity contribution in [2.45, 2.75) is 49.2 Å². The molecule has 1 aliphatic rings. The van der Waals surface area contributed by atoms with Crippen LogP contribution < -0.4 is 10.9 Å². The Morgan fingerprint density at radius 3 is 2.47 bits per heavy atom. The standard InChI is InChI=1S/C24H28N4O4S2/c1-2-14-28-23(30)20-8-4-5-9-21(20)26-24(28)33-17-22(29)25-18-10-12-19(13-11-18)34(31,32)27-15-6-3-7-16-27/h4-5,8-13H,2-3,6-7,14-17H2,1H3,(H,25,29). The maximum atomic E-state index is 12.9. The topological polar surface area (TPSA) is 101 Å². The number of benzene rings is 2. The molecule has 1 aromatic heterocycles. The zero-order valence-corrected chi connectivity index (χ0v) is 20.7. The Kier molecular flexibility index (Phi) is 7.70. The third-order valence-corrected chi connectivity index (χ3v) is 8.59. The third-order valence-electron chi connectivity index (χ3n) is 5.70. The number of carbonyl (C=O) groups excluding carboxylic acids is 1. The number of fused-ring (bicyclic) bond motifs is 1. The summed E-state index contributed by atoms with van der Waals surface area (Å²) in [4.78, 5) is 30.2. The van der Waals surface area contributed by atoms with E-state index in [-0.39, 0.29) is 22.1 Å². The second-order valence-electron chi connectivity index (χ2n) is 8.19. The number of rotatable bonds is 8. The first-order chi connectivity index (χ1) is 16.4. The van der Waals surface area contributed by atoms with Crippen LogP contribution in [0.1, 0.15) is 32.6 Å². The molecule has 1 aliphatic heterocycles. The van der Waals surface area contributed by atoms with Crippen molar-refractivity contribution >= 4 is 44.3 Å². The van der Waals surface area contributed by atoms with Gasteiger partial charge < -0.3 is 5.32 Å². The number of sulfonamides is 1. The summed E-state index contributed by atoms with van der Waals surface area (Å²) < 4.78 is 28.7. The molecule has 0 unspecified atom stereocenters. The number of nitrogens with one attached hydrogen (secondary N) is 1. The SMILES string of the molecule is CCCn1c(SCC(=O)Nc2ccc(S(=O)(=O)N3CCCCC3)cc2)nc2ccccc2c1=O. The molecule has 1 saturated heterocycles. The number of amides is 1. The van der Waals surface area contributed by atoms with Crippen molar-refractivity contribution in [1.82, 2.24) is 13.9 Å². The van der Waals surface area contributed by atoms with Gasteiger partial charge in [0.05, 0.1) is 21.6 Å². The summed E-state index contributed by atoms with van der Waals surface area (Å²) in [6.45, 7) is 3.60. The quantitative estimate of drug-likeness (QED) is 0.374. The maximum Gasteiger partial charge on any atom is 0.262 e. The number of piperidine rings is 1. The van der Waals surface area contributed by atoms with E-state index in [4.69, 9.17) is 0 Å². The molecule has 2 heterocycles. The van der Waals surface area contributed by atoms with Crippen molar-refractivity contribution < 1.29 is 13.2 Å². The molecule has 0 saturated carbocycles. The monoisotopic (exact) mass is 500 g/mol. The van der Waals surface area contributed by atoms with Crippen LogP contribution >= 0.6 is 11.8 Å². The van der Waals surface area contributed by atoms with Crippen LogP contribution in [-0.2, 0) is 21.4 Å². The van der Waals surface area contributed by atoms with Gasteiger partial charge in [-0.05, 0) is 55.7 Å². The van der Waals surface area contributed by atoms with Gasteiger partial charge in [0.15, 0.2) is 5.16 Å². The first-order valence-corrected chi connectivity index (χ1v) is 13.8. The molecule has 1 amide bonds. The fraction of sp³-hybridized carbons (Fsp3) is 0.375. The molecule has 2 aromatic carbocycles. The molecule has 1 N–H and O–H groups in total. The van der Waals surface area contributed by atoms with E-state index in [9.17, 15) is 18.0 Å². The first kappa shape index (κ1) is 24.4. The Bertz CT molecular complexity index is 1330.